The molecule has 2 aliphatic rings. The number of likely N-dealkylation sites (tertiary alicyclic amines) is 1. The van der Waals surface area contributed by atoms with Gasteiger partial charge in [-0.1, -0.05) is 42.5 Å². The minimum Gasteiger partial charge on any atom is -0.496 e. The van der Waals surface area contributed by atoms with Crippen molar-refractivity contribution in [3.05, 3.63) is 65.2 Å². The third-order valence-electron chi connectivity index (χ3n) is 5.67. The molecule has 0 bridgehead atoms. The van der Waals surface area contributed by atoms with Crippen LogP contribution in [0.1, 0.15) is 35.4 Å². The maximum absolute atomic E-state index is 5.58. The first-order valence-electron chi connectivity index (χ1n) is 8.80. The summed E-state index contributed by atoms with van der Waals surface area (Å²) in [6, 6.07) is 18.2. The largest absolute Gasteiger partial charge is 0.496 e. The Morgan fingerprint density at radius 3 is 2.74 bits per heavy atom. The highest BCUT2D eigenvalue weighted by atomic mass is 16.5. The van der Waals surface area contributed by atoms with Crippen molar-refractivity contribution < 1.29 is 4.74 Å². The van der Waals surface area contributed by atoms with Crippen molar-refractivity contribution in [3.8, 4) is 5.75 Å². The molecule has 0 radical (unpaired) electrons. The predicted octanol–water partition coefficient (Wildman–Crippen LogP) is 4.04. The zero-order valence-electron chi connectivity index (χ0n) is 13.9. The summed E-state index contributed by atoms with van der Waals surface area (Å²) in [5.74, 6) is 1.79. The number of fused-ring (bicyclic) bond motifs is 3. The molecular weight excluding hydrogens is 282 g/mol. The molecule has 2 atom stereocenters. The molecule has 2 heteroatoms. The fraction of sp³-hybridized carbons (Fsp3) is 0.429. The van der Waals surface area contributed by atoms with Gasteiger partial charge in [-0.05, 0) is 55.0 Å². The normalized spacial score (nSPS) is 23.3. The van der Waals surface area contributed by atoms with Crippen LogP contribution in [0.2, 0.25) is 0 Å². The third kappa shape index (κ3) is 2.76. The molecule has 1 fully saturated rings. The number of nitrogens with zero attached hydrogens (tertiary/aromatic N) is 1. The van der Waals surface area contributed by atoms with E-state index in [-0.39, 0.29) is 0 Å². The summed E-state index contributed by atoms with van der Waals surface area (Å²) >= 11 is 0. The maximum atomic E-state index is 5.58. The van der Waals surface area contributed by atoms with E-state index in [0.29, 0.717) is 5.92 Å². The van der Waals surface area contributed by atoms with Crippen LogP contribution in [0.3, 0.4) is 0 Å². The Bertz CT molecular complexity index is 667. The summed E-state index contributed by atoms with van der Waals surface area (Å²) in [7, 11) is 1.79. The molecule has 2 aromatic rings. The molecule has 0 aromatic heterocycles. The lowest BCUT2D eigenvalue weighted by Crippen LogP contribution is -2.36. The standard InChI is InChI=1S/C21H25NO/c1-23-21-9-5-8-17-18-13-15-22(20(18)11-10-19(17)21)14-12-16-6-3-2-4-7-16/h2-9,18,20H,10-15H2,1H3/t18-,20+/m1/s1. The number of hydrogen-bond donors (Lipinski definition) is 0. The van der Waals surface area contributed by atoms with Crippen LogP contribution in [0.4, 0.5) is 0 Å². The first kappa shape index (κ1) is 14.8. The molecule has 23 heavy (non-hydrogen) atoms. The zero-order chi connectivity index (χ0) is 15.6. The summed E-state index contributed by atoms with van der Waals surface area (Å²) < 4.78 is 5.58. The van der Waals surface area contributed by atoms with E-state index in [1.54, 1.807) is 12.7 Å². The van der Waals surface area contributed by atoms with Gasteiger partial charge in [0.1, 0.15) is 5.75 Å². The van der Waals surface area contributed by atoms with Gasteiger partial charge in [0.05, 0.1) is 7.11 Å². The van der Waals surface area contributed by atoms with Crippen LogP contribution < -0.4 is 4.74 Å². The Kier molecular flexibility index (Phi) is 4.09. The lowest BCUT2D eigenvalue weighted by Gasteiger charge is -2.34. The molecule has 2 nitrogen and oxygen atoms in total. The van der Waals surface area contributed by atoms with Crippen molar-refractivity contribution in [2.45, 2.75) is 37.6 Å². The van der Waals surface area contributed by atoms with E-state index in [9.17, 15) is 0 Å². The Morgan fingerprint density at radius 1 is 1.04 bits per heavy atom. The van der Waals surface area contributed by atoms with Crippen LogP contribution >= 0.6 is 0 Å². The highest BCUT2D eigenvalue weighted by Gasteiger charge is 2.38. The molecule has 120 valence electrons. The number of rotatable bonds is 4. The fourth-order valence-electron chi connectivity index (χ4n) is 4.54. The van der Waals surface area contributed by atoms with Crippen molar-refractivity contribution in [3.63, 3.8) is 0 Å². The van der Waals surface area contributed by atoms with E-state index in [2.05, 4.69) is 53.4 Å². The maximum Gasteiger partial charge on any atom is 0.122 e. The Balaban J connectivity index is 1.49. The molecule has 0 unspecified atom stereocenters. The van der Waals surface area contributed by atoms with Gasteiger partial charge in [0.2, 0.25) is 0 Å². The second kappa shape index (κ2) is 6.37. The van der Waals surface area contributed by atoms with Crippen LogP contribution in [-0.2, 0) is 12.8 Å². The van der Waals surface area contributed by atoms with Gasteiger partial charge in [-0.15, -0.1) is 0 Å². The Morgan fingerprint density at radius 2 is 1.91 bits per heavy atom. The Hall–Kier alpha value is -1.80. The van der Waals surface area contributed by atoms with E-state index < -0.39 is 0 Å². The quantitative estimate of drug-likeness (QED) is 0.845. The molecule has 0 spiro atoms. The number of hydrogen-bond acceptors (Lipinski definition) is 2. The first-order valence-corrected chi connectivity index (χ1v) is 8.80. The number of methoxy groups -OCH3 is 1. The van der Waals surface area contributed by atoms with E-state index in [0.717, 1.165) is 24.6 Å². The SMILES string of the molecule is COc1cccc2c1CC[C@H]1[C@@H]2CCN1CCc1ccccc1. The topological polar surface area (TPSA) is 12.5 Å². The van der Waals surface area contributed by atoms with Gasteiger partial charge in [0, 0.05) is 18.5 Å². The van der Waals surface area contributed by atoms with Crippen LogP contribution in [0.15, 0.2) is 48.5 Å². The first-order chi connectivity index (χ1) is 11.4. The van der Waals surface area contributed by atoms with Crippen LogP contribution in [0.5, 0.6) is 5.75 Å². The van der Waals surface area contributed by atoms with Crippen molar-refractivity contribution in [1.82, 2.24) is 4.90 Å². The summed E-state index contributed by atoms with van der Waals surface area (Å²) in [5.41, 5.74) is 4.46. The third-order valence-corrected chi connectivity index (χ3v) is 5.67. The predicted molar refractivity (Wildman–Crippen MR) is 94.2 cm³/mol. The number of benzene rings is 2. The summed E-state index contributed by atoms with van der Waals surface area (Å²) in [6.07, 6.45) is 4.88. The molecule has 4 rings (SSSR count). The van der Waals surface area contributed by atoms with Crippen LogP contribution in [-0.4, -0.2) is 31.1 Å². The van der Waals surface area contributed by atoms with E-state index in [4.69, 9.17) is 4.74 Å². The van der Waals surface area contributed by atoms with Gasteiger partial charge < -0.3 is 4.74 Å². The summed E-state index contributed by atoms with van der Waals surface area (Å²) in [4.78, 5) is 2.72. The summed E-state index contributed by atoms with van der Waals surface area (Å²) in [6.45, 7) is 2.42. The molecule has 2 aromatic carbocycles. The molecule has 0 saturated carbocycles. The minimum atomic E-state index is 0.699. The molecule has 1 saturated heterocycles. The van der Waals surface area contributed by atoms with Gasteiger partial charge in [-0.2, -0.15) is 0 Å². The average Bonchev–Trinajstić information content (AvgIpc) is 3.04. The minimum absolute atomic E-state index is 0.699. The van der Waals surface area contributed by atoms with E-state index >= 15 is 0 Å². The van der Waals surface area contributed by atoms with Crippen molar-refractivity contribution in [2.75, 3.05) is 20.2 Å². The molecule has 1 heterocycles. The zero-order valence-corrected chi connectivity index (χ0v) is 13.9. The second-order valence-corrected chi connectivity index (χ2v) is 6.80. The van der Waals surface area contributed by atoms with Gasteiger partial charge in [0.25, 0.3) is 0 Å². The van der Waals surface area contributed by atoms with Crippen molar-refractivity contribution in [2.24, 2.45) is 0 Å². The van der Waals surface area contributed by atoms with Crippen LogP contribution in [0.25, 0.3) is 0 Å². The number of ether oxygens (including phenoxy) is 1. The average molecular weight is 307 g/mol. The summed E-state index contributed by atoms with van der Waals surface area (Å²) in [5, 5.41) is 0. The van der Waals surface area contributed by atoms with Crippen molar-refractivity contribution in [1.29, 1.82) is 0 Å². The highest BCUT2D eigenvalue weighted by molar-refractivity contribution is 5.45. The van der Waals surface area contributed by atoms with E-state index in [1.165, 1.54) is 37.1 Å². The van der Waals surface area contributed by atoms with E-state index in [1.807, 2.05) is 0 Å². The lowest BCUT2D eigenvalue weighted by atomic mass is 9.79. The molecule has 0 amide bonds. The van der Waals surface area contributed by atoms with Gasteiger partial charge >= 0.3 is 0 Å². The van der Waals surface area contributed by atoms with Gasteiger partial charge in [0.15, 0.2) is 0 Å². The molecule has 1 aliphatic heterocycles. The van der Waals surface area contributed by atoms with Gasteiger partial charge in [-0.3, -0.25) is 4.90 Å². The molecular formula is C21H25NO. The van der Waals surface area contributed by atoms with Gasteiger partial charge in [-0.25, -0.2) is 0 Å². The molecule has 0 N–H and O–H groups in total. The fourth-order valence-corrected chi connectivity index (χ4v) is 4.54. The second-order valence-electron chi connectivity index (χ2n) is 6.80. The molecule has 1 aliphatic carbocycles. The van der Waals surface area contributed by atoms with Crippen LogP contribution in [0, 0.1) is 0 Å². The highest BCUT2D eigenvalue weighted by Crippen LogP contribution is 2.44. The smallest absolute Gasteiger partial charge is 0.122 e. The monoisotopic (exact) mass is 307 g/mol. The van der Waals surface area contributed by atoms with Crippen molar-refractivity contribution >= 4 is 0 Å². The Labute approximate surface area is 139 Å². The lowest BCUT2D eigenvalue weighted by molar-refractivity contribution is 0.228.